The Balaban J connectivity index is 2.07. The summed E-state index contributed by atoms with van der Waals surface area (Å²) in [6.45, 7) is 1.65. The lowest BCUT2D eigenvalue weighted by Gasteiger charge is -2.23. The topological polar surface area (TPSA) is 66.8 Å². The van der Waals surface area contributed by atoms with Crippen LogP contribution in [-0.4, -0.2) is 40.6 Å². The number of aliphatic hydroxyl groups excluding tert-OH is 1. The summed E-state index contributed by atoms with van der Waals surface area (Å²) in [6, 6.07) is 0. The van der Waals surface area contributed by atoms with Gasteiger partial charge < -0.3 is 9.84 Å². The molecule has 84 valence electrons. The van der Waals surface area contributed by atoms with E-state index in [1.54, 1.807) is 0 Å². The van der Waals surface area contributed by atoms with Crippen molar-refractivity contribution >= 4 is 11.8 Å². The number of nitrogens with zero attached hydrogens (tertiary/aromatic N) is 1. The average Bonchev–Trinajstić information content (AvgIpc) is 2.83. The van der Waals surface area contributed by atoms with Gasteiger partial charge in [0.15, 0.2) is 0 Å². The smallest absolute Gasteiger partial charge is 0.265 e. The zero-order valence-corrected chi connectivity index (χ0v) is 8.82. The van der Waals surface area contributed by atoms with E-state index in [-0.39, 0.29) is 25.0 Å². The van der Waals surface area contributed by atoms with Gasteiger partial charge in [-0.2, -0.15) is 0 Å². The number of fused-ring (bicyclic) bond motifs is 4. The van der Waals surface area contributed by atoms with Gasteiger partial charge in [-0.15, -0.1) is 0 Å². The van der Waals surface area contributed by atoms with Crippen LogP contribution in [0.15, 0.2) is 23.0 Å². The SMILES string of the molecule is CC12CC=C(O1)C1=C2C(=O)N(CCO)C1=O. The summed E-state index contributed by atoms with van der Waals surface area (Å²) in [5.41, 5.74) is 0.192. The highest BCUT2D eigenvalue weighted by molar-refractivity contribution is 6.23. The van der Waals surface area contributed by atoms with Crippen molar-refractivity contribution < 1.29 is 19.4 Å². The minimum Gasteiger partial charge on any atom is -0.482 e. The summed E-state index contributed by atoms with van der Waals surface area (Å²) in [6.07, 6.45) is 2.47. The van der Waals surface area contributed by atoms with Crippen LogP contribution in [0.2, 0.25) is 0 Å². The minimum atomic E-state index is -0.665. The Kier molecular flexibility index (Phi) is 1.64. The van der Waals surface area contributed by atoms with Gasteiger partial charge in [0.05, 0.1) is 24.3 Å². The number of ether oxygens (including phenoxy) is 1. The monoisotopic (exact) mass is 221 g/mol. The number of hydrogen-bond donors (Lipinski definition) is 1. The summed E-state index contributed by atoms with van der Waals surface area (Å²) < 4.78 is 5.55. The molecule has 2 amide bonds. The molecule has 0 aromatic rings. The number of imide groups is 1. The number of carbonyl (C=O) groups is 2. The van der Waals surface area contributed by atoms with Crippen LogP contribution in [0.3, 0.4) is 0 Å². The van der Waals surface area contributed by atoms with Gasteiger partial charge >= 0.3 is 0 Å². The maximum atomic E-state index is 12.0. The van der Waals surface area contributed by atoms with E-state index in [2.05, 4.69) is 0 Å². The van der Waals surface area contributed by atoms with Gasteiger partial charge in [-0.3, -0.25) is 14.5 Å². The quantitative estimate of drug-likeness (QED) is 0.651. The fourth-order valence-corrected chi connectivity index (χ4v) is 2.52. The molecule has 5 nitrogen and oxygen atoms in total. The van der Waals surface area contributed by atoms with Crippen LogP contribution in [0.5, 0.6) is 0 Å². The summed E-state index contributed by atoms with van der Waals surface area (Å²) in [7, 11) is 0. The fraction of sp³-hybridized carbons (Fsp3) is 0.455. The third-order valence-corrected chi connectivity index (χ3v) is 3.28. The maximum Gasteiger partial charge on any atom is 0.265 e. The van der Waals surface area contributed by atoms with Gasteiger partial charge in [-0.05, 0) is 13.0 Å². The lowest BCUT2D eigenvalue weighted by Crippen LogP contribution is -2.38. The van der Waals surface area contributed by atoms with Crippen LogP contribution in [0.25, 0.3) is 0 Å². The van der Waals surface area contributed by atoms with Gasteiger partial charge in [0, 0.05) is 6.42 Å². The van der Waals surface area contributed by atoms with Crippen molar-refractivity contribution in [2.75, 3.05) is 13.2 Å². The van der Waals surface area contributed by atoms with Crippen molar-refractivity contribution in [1.29, 1.82) is 0 Å². The molecule has 3 aliphatic rings. The molecule has 3 rings (SSSR count). The largest absolute Gasteiger partial charge is 0.482 e. The highest BCUT2D eigenvalue weighted by Gasteiger charge is 2.56. The number of rotatable bonds is 2. The fourth-order valence-electron chi connectivity index (χ4n) is 2.52. The van der Waals surface area contributed by atoms with Crippen molar-refractivity contribution in [3.63, 3.8) is 0 Å². The highest BCUT2D eigenvalue weighted by atomic mass is 16.5. The molecule has 0 spiro atoms. The molecule has 0 aliphatic carbocycles. The number of amides is 2. The summed E-state index contributed by atoms with van der Waals surface area (Å²) in [5.74, 6) is -0.139. The molecule has 0 saturated heterocycles. The van der Waals surface area contributed by atoms with Crippen LogP contribution in [0.4, 0.5) is 0 Å². The molecule has 5 heteroatoms. The molecule has 1 atom stereocenters. The van der Waals surface area contributed by atoms with E-state index in [1.807, 2.05) is 13.0 Å². The molecule has 0 radical (unpaired) electrons. The van der Waals surface area contributed by atoms with E-state index in [1.165, 1.54) is 0 Å². The molecule has 0 aromatic heterocycles. The number of β-amino-alcohol motifs (C(OH)–C–C–N with tert-alkyl or cyclic N) is 1. The molecule has 2 bridgehead atoms. The first-order valence-electron chi connectivity index (χ1n) is 5.20. The number of carbonyl (C=O) groups excluding carboxylic acids is 2. The molecule has 1 N–H and O–H groups in total. The molecule has 0 fully saturated rings. The zero-order chi connectivity index (χ0) is 11.5. The van der Waals surface area contributed by atoms with Crippen molar-refractivity contribution in [3.05, 3.63) is 23.0 Å². The van der Waals surface area contributed by atoms with E-state index in [0.29, 0.717) is 23.3 Å². The highest BCUT2D eigenvalue weighted by Crippen LogP contribution is 2.50. The second-order valence-electron chi connectivity index (χ2n) is 4.34. The number of hydrogen-bond acceptors (Lipinski definition) is 4. The van der Waals surface area contributed by atoms with Gasteiger partial charge in [-0.1, -0.05) is 0 Å². The van der Waals surface area contributed by atoms with Crippen molar-refractivity contribution in [2.45, 2.75) is 18.9 Å². The van der Waals surface area contributed by atoms with Gasteiger partial charge in [0.2, 0.25) is 0 Å². The Morgan fingerprint density at radius 2 is 2.25 bits per heavy atom. The Labute approximate surface area is 92.0 Å². The van der Waals surface area contributed by atoms with Gasteiger partial charge in [0.25, 0.3) is 11.8 Å². The first-order valence-corrected chi connectivity index (χ1v) is 5.20. The Morgan fingerprint density at radius 3 is 2.88 bits per heavy atom. The minimum absolute atomic E-state index is 0.0496. The van der Waals surface area contributed by atoms with E-state index in [0.717, 1.165) is 4.90 Å². The predicted molar refractivity (Wildman–Crippen MR) is 53.0 cm³/mol. The Hall–Kier alpha value is -1.62. The summed E-state index contributed by atoms with van der Waals surface area (Å²) in [4.78, 5) is 25.0. The first-order chi connectivity index (χ1) is 7.58. The van der Waals surface area contributed by atoms with Gasteiger partial charge in [0.1, 0.15) is 11.4 Å². The van der Waals surface area contributed by atoms with Gasteiger partial charge in [-0.25, -0.2) is 0 Å². The van der Waals surface area contributed by atoms with E-state index < -0.39 is 5.60 Å². The number of aliphatic hydroxyl groups is 1. The molecule has 16 heavy (non-hydrogen) atoms. The normalized spacial score (nSPS) is 31.1. The Bertz CT molecular complexity index is 476. The van der Waals surface area contributed by atoms with Crippen LogP contribution in [-0.2, 0) is 14.3 Å². The average molecular weight is 221 g/mol. The van der Waals surface area contributed by atoms with Crippen LogP contribution in [0, 0.1) is 0 Å². The van der Waals surface area contributed by atoms with Crippen molar-refractivity contribution in [3.8, 4) is 0 Å². The van der Waals surface area contributed by atoms with E-state index in [9.17, 15) is 9.59 Å². The second kappa shape index (κ2) is 2.74. The predicted octanol–water partition coefficient (Wildman–Crippen LogP) is -0.279. The zero-order valence-electron chi connectivity index (χ0n) is 8.82. The lowest BCUT2D eigenvalue weighted by atomic mass is 9.88. The van der Waals surface area contributed by atoms with Crippen molar-refractivity contribution in [1.82, 2.24) is 4.90 Å². The standard InChI is InChI=1S/C11H11NO4/c1-11-3-2-6(16-11)7-8(11)10(15)12(4-5-13)9(7)14/h2,13H,3-5H2,1H3. The van der Waals surface area contributed by atoms with Crippen LogP contribution < -0.4 is 0 Å². The molecule has 1 unspecified atom stereocenters. The lowest BCUT2D eigenvalue weighted by molar-refractivity contribution is -0.139. The van der Waals surface area contributed by atoms with Crippen LogP contribution >= 0.6 is 0 Å². The van der Waals surface area contributed by atoms with E-state index in [4.69, 9.17) is 9.84 Å². The summed E-state index contributed by atoms with van der Waals surface area (Å²) in [5, 5.41) is 8.83. The molecular formula is C11H11NO4. The molecule has 3 heterocycles. The third-order valence-electron chi connectivity index (χ3n) is 3.28. The maximum absolute atomic E-state index is 12.0. The molecule has 0 saturated carbocycles. The molecular weight excluding hydrogens is 210 g/mol. The first kappa shape index (κ1) is 9.59. The molecule has 0 aromatic carbocycles. The Morgan fingerprint density at radius 1 is 1.50 bits per heavy atom. The van der Waals surface area contributed by atoms with Crippen molar-refractivity contribution in [2.24, 2.45) is 0 Å². The molecule has 3 aliphatic heterocycles. The van der Waals surface area contributed by atoms with E-state index >= 15 is 0 Å². The third kappa shape index (κ3) is 0.893. The van der Waals surface area contributed by atoms with Crippen LogP contribution in [0.1, 0.15) is 13.3 Å². The summed E-state index contributed by atoms with van der Waals surface area (Å²) >= 11 is 0. The second-order valence-corrected chi connectivity index (χ2v) is 4.34.